The van der Waals surface area contributed by atoms with E-state index in [1.165, 1.54) is 13.1 Å². The molecule has 0 fully saturated rings. The monoisotopic (exact) mass is 293 g/mol. The van der Waals surface area contributed by atoms with Crippen molar-refractivity contribution in [1.29, 1.82) is 0 Å². The SMILES string of the molecule is CCCCOCCCNC(=O)c1ccnc(NC(C)=O)c1. The highest BCUT2D eigenvalue weighted by molar-refractivity contribution is 5.96. The molecule has 1 aromatic rings. The topological polar surface area (TPSA) is 80.3 Å². The first kappa shape index (κ1) is 17.1. The van der Waals surface area contributed by atoms with Crippen LogP contribution in [0.25, 0.3) is 0 Å². The fourth-order valence-electron chi connectivity index (χ4n) is 1.65. The Morgan fingerprint density at radius 1 is 1.29 bits per heavy atom. The summed E-state index contributed by atoms with van der Waals surface area (Å²) in [5.41, 5.74) is 0.473. The molecule has 0 atom stereocenters. The molecule has 2 N–H and O–H groups in total. The molecule has 1 aromatic heterocycles. The molecule has 6 nitrogen and oxygen atoms in total. The predicted octanol–water partition coefficient (Wildman–Crippen LogP) is 1.98. The van der Waals surface area contributed by atoms with Gasteiger partial charge in [-0.1, -0.05) is 13.3 Å². The van der Waals surface area contributed by atoms with Crippen molar-refractivity contribution in [3.8, 4) is 0 Å². The number of anilines is 1. The van der Waals surface area contributed by atoms with E-state index in [2.05, 4.69) is 22.5 Å². The minimum absolute atomic E-state index is 0.183. The second-order valence-electron chi connectivity index (χ2n) is 4.69. The van der Waals surface area contributed by atoms with E-state index in [0.717, 1.165) is 25.9 Å². The Balaban J connectivity index is 2.30. The summed E-state index contributed by atoms with van der Waals surface area (Å²) in [4.78, 5) is 26.8. The van der Waals surface area contributed by atoms with Crippen molar-refractivity contribution in [3.05, 3.63) is 23.9 Å². The van der Waals surface area contributed by atoms with Crippen LogP contribution in [0.4, 0.5) is 5.82 Å². The van der Waals surface area contributed by atoms with Crippen LogP contribution < -0.4 is 10.6 Å². The summed E-state index contributed by atoms with van der Waals surface area (Å²) in [6.07, 6.45) is 4.46. The van der Waals surface area contributed by atoms with Gasteiger partial charge in [0, 0.05) is 38.4 Å². The lowest BCUT2D eigenvalue weighted by Crippen LogP contribution is -2.25. The summed E-state index contributed by atoms with van der Waals surface area (Å²) in [5.74, 6) is -0.0279. The average Bonchev–Trinajstić information content (AvgIpc) is 2.45. The van der Waals surface area contributed by atoms with Crippen molar-refractivity contribution in [3.63, 3.8) is 0 Å². The van der Waals surface area contributed by atoms with Crippen LogP contribution in [0.1, 0.15) is 43.5 Å². The van der Waals surface area contributed by atoms with Gasteiger partial charge < -0.3 is 15.4 Å². The smallest absolute Gasteiger partial charge is 0.251 e. The van der Waals surface area contributed by atoms with Crippen LogP contribution in [0.3, 0.4) is 0 Å². The van der Waals surface area contributed by atoms with Crippen LogP contribution >= 0.6 is 0 Å². The third-order valence-corrected chi connectivity index (χ3v) is 2.72. The zero-order valence-corrected chi connectivity index (χ0v) is 12.6. The minimum Gasteiger partial charge on any atom is -0.381 e. The van der Waals surface area contributed by atoms with Crippen LogP contribution in [0.5, 0.6) is 0 Å². The van der Waals surface area contributed by atoms with E-state index < -0.39 is 0 Å². The summed E-state index contributed by atoms with van der Waals surface area (Å²) in [6.45, 7) is 5.49. The number of carbonyl (C=O) groups is 2. The number of nitrogens with one attached hydrogen (secondary N) is 2. The number of carbonyl (C=O) groups excluding carboxylic acids is 2. The third-order valence-electron chi connectivity index (χ3n) is 2.72. The predicted molar refractivity (Wildman–Crippen MR) is 81.2 cm³/mol. The Hall–Kier alpha value is -1.95. The fourth-order valence-corrected chi connectivity index (χ4v) is 1.65. The quantitative estimate of drug-likeness (QED) is 0.682. The maximum absolute atomic E-state index is 11.9. The van der Waals surface area contributed by atoms with Gasteiger partial charge >= 0.3 is 0 Å². The summed E-state index contributed by atoms with van der Waals surface area (Å²) < 4.78 is 5.42. The fraction of sp³-hybridized carbons (Fsp3) is 0.533. The first-order valence-corrected chi connectivity index (χ1v) is 7.23. The number of nitrogens with zero attached hydrogens (tertiary/aromatic N) is 1. The molecule has 1 heterocycles. The van der Waals surface area contributed by atoms with E-state index in [1.807, 2.05) is 0 Å². The van der Waals surface area contributed by atoms with E-state index in [0.29, 0.717) is 24.5 Å². The molecule has 0 saturated carbocycles. The standard InChI is InChI=1S/C15H23N3O3/c1-3-4-9-21-10-5-7-17-15(20)13-6-8-16-14(11-13)18-12(2)19/h6,8,11H,3-5,7,9-10H2,1-2H3,(H,17,20)(H,16,18,19). The summed E-state index contributed by atoms with van der Waals surface area (Å²) in [7, 11) is 0. The van der Waals surface area contributed by atoms with Gasteiger partial charge in [0.2, 0.25) is 5.91 Å². The summed E-state index contributed by atoms with van der Waals surface area (Å²) >= 11 is 0. The molecule has 116 valence electrons. The van der Waals surface area contributed by atoms with E-state index in [4.69, 9.17) is 4.74 Å². The molecule has 0 saturated heterocycles. The highest BCUT2D eigenvalue weighted by atomic mass is 16.5. The largest absolute Gasteiger partial charge is 0.381 e. The highest BCUT2D eigenvalue weighted by Gasteiger charge is 2.06. The Labute approximate surface area is 125 Å². The van der Waals surface area contributed by atoms with E-state index >= 15 is 0 Å². The van der Waals surface area contributed by atoms with Crippen LogP contribution in [0.15, 0.2) is 18.3 Å². The molecule has 0 aromatic carbocycles. The molecule has 0 spiro atoms. The van der Waals surface area contributed by atoms with Gasteiger partial charge in [0.05, 0.1) is 0 Å². The molecule has 6 heteroatoms. The summed E-state index contributed by atoms with van der Waals surface area (Å²) in [5, 5.41) is 5.36. The maximum Gasteiger partial charge on any atom is 0.251 e. The van der Waals surface area contributed by atoms with Crippen LogP contribution in [-0.4, -0.2) is 36.6 Å². The molecule has 0 aliphatic heterocycles. The number of pyridine rings is 1. The van der Waals surface area contributed by atoms with Crippen molar-refractivity contribution in [2.75, 3.05) is 25.1 Å². The van der Waals surface area contributed by atoms with Crippen molar-refractivity contribution in [1.82, 2.24) is 10.3 Å². The lowest BCUT2D eigenvalue weighted by molar-refractivity contribution is -0.114. The number of hydrogen-bond donors (Lipinski definition) is 2. The maximum atomic E-state index is 11.9. The second-order valence-corrected chi connectivity index (χ2v) is 4.69. The van der Waals surface area contributed by atoms with Gasteiger partial charge in [-0.3, -0.25) is 9.59 Å². The Morgan fingerprint density at radius 3 is 2.76 bits per heavy atom. The highest BCUT2D eigenvalue weighted by Crippen LogP contribution is 2.06. The van der Waals surface area contributed by atoms with Gasteiger partial charge in [-0.15, -0.1) is 0 Å². The van der Waals surface area contributed by atoms with Crippen LogP contribution in [0.2, 0.25) is 0 Å². The van der Waals surface area contributed by atoms with E-state index in [9.17, 15) is 9.59 Å². The zero-order chi connectivity index (χ0) is 15.5. The number of rotatable bonds is 9. The molecule has 0 aliphatic carbocycles. The van der Waals surface area contributed by atoms with Gasteiger partial charge in [0.15, 0.2) is 0 Å². The van der Waals surface area contributed by atoms with Crippen molar-refractivity contribution >= 4 is 17.6 Å². The molecule has 0 radical (unpaired) electrons. The average molecular weight is 293 g/mol. The summed E-state index contributed by atoms with van der Waals surface area (Å²) in [6, 6.07) is 3.16. The van der Waals surface area contributed by atoms with Crippen molar-refractivity contribution < 1.29 is 14.3 Å². The molecule has 0 aliphatic rings. The second kappa shape index (κ2) is 9.88. The molecule has 2 amide bonds. The Morgan fingerprint density at radius 2 is 2.05 bits per heavy atom. The van der Waals surface area contributed by atoms with Gasteiger partial charge in [-0.05, 0) is 25.0 Å². The zero-order valence-electron chi connectivity index (χ0n) is 12.6. The number of hydrogen-bond acceptors (Lipinski definition) is 4. The third kappa shape index (κ3) is 7.41. The number of ether oxygens (including phenoxy) is 1. The lowest BCUT2D eigenvalue weighted by atomic mass is 10.2. The molecular weight excluding hydrogens is 270 g/mol. The lowest BCUT2D eigenvalue weighted by Gasteiger charge is -2.07. The van der Waals surface area contributed by atoms with E-state index in [-0.39, 0.29) is 11.8 Å². The van der Waals surface area contributed by atoms with Gasteiger partial charge in [0.25, 0.3) is 5.91 Å². The molecule has 0 bridgehead atoms. The minimum atomic E-state index is -0.218. The van der Waals surface area contributed by atoms with Crippen LogP contribution in [-0.2, 0) is 9.53 Å². The molecule has 1 rings (SSSR count). The molecule has 21 heavy (non-hydrogen) atoms. The normalized spacial score (nSPS) is 10.2. The van der Waals surface area contributed by atoms with Crippen molar-refractivity contribution in [2.45, 2.75) is 33.1 Å². The van der Waals surface area contributed by atoms with Crippen molar-refractivity contribution in [2.24, 2.45) is 0 Å². The Bertz CT molecular complexity index is 463. The van der Waals surface area contributed by atoms with Gasteiger partial charge in [-0.25, -0.2) is 4.98 Å². The van der Waals surface area contributed by atoms with E-state index in [1.54, 1.807) is 12.1 Å². The van der Waals surface area contributed by atoms with Crippen LogP contribution in [0, 0.1) is 0 Å². The molecular formula is C15H23N3O3. The first-order valence-electron chi connectivity index (χ1n) is 7.23. The Kier molecular flexibility index (Phi) is 8.04. The first-order chi connectivity index (χ1) is 10.1. The molecule has 0 unspecified atom stereocenters. The number of amides is 2. The number of aromatic nitrogens is 1. The number of unbranched alkanes of at least 4 members (excludes halogenated alkanes) is 1. The van der Waals surface area contributed by atoms with Gasteiger partial charge in [-0.2, -0.15) is 0 Å². The van der Waals surface area contributed by atoms with Gasteiger partial charge in [0.1, 0.15) is 5.82 Å².